The Hall–Kier alpha value is -0.210. The number of hydrogen-bond donors (Lipinski definition) is 0. The lowest BCUT2D eigenvalue weighted by Gasteiger charge is -1.89. The van der Waals surface area contributed by atoms with Crippen molar-refractivity contribution in [3.8, 4) is 0 Å². The van der Waals surface area contributed by atoms with Crippen molar-refractivity contribution in [1.82, 2.24) is 0 Å². The van der Waals surface area contributed by atoms with Crippen molar-refractivity contribution >= 4 is 21.7 Å². The summed E-state index contributed by atoms with van der Waals surface area (Å²) in [5, 5.41) is 0. The Morgan fingerprint density at radius 1 is 1.22 bits per heavy atom. The molecular formula is C6H4ClFS. The Morgan fingerprint density at radius 3 is 2.22 bits per heavy atom. The van der Waals surface area contributed by atoms with Crippen LogP contribution in [0.1, 0.15) is 0 Å². The highest BCUT2D eigenvalue weighted by Crippen LogP contribution is 2.20. The van der Waals surface area contributed by atoms with Crippen molar-refractivity contribution in [2.24, 2.45) is 0 Å². The van der Waals surface area contributed by atoms with Crippen molar-refractivity contribution in [2.75, 3.05) is 0 Å². The second kappa shape index (κ2) is 3.08. The van der Waals surface area contributed by atoms with Crippen LogP contribution in [0.4, 0.5) is 4.39 Å². The SMILES string of the molecule is Fc1ccc(SCl)cc1. The van der Waals surface area contributed by atoms with Gasteiger partial charge in [-0.2, -0.15) is 0 Å². The van der Waals surface area contributed by atoms with E-state index < -0.39 is 0 Å². The van der Waals surface area contributed by atoms with E-state index in [4.69, 9.17) is 10.7 Å². The second-order valence-electron chi connectivity index (χ2n) is 1.53. The van der Waals surface area contributed by atoms with Gasteiger partial charge in [0, 0.05) is 4.90 Å². The van der Waals surface area contributed by atoms with Gasteiger partial charge in [0.1, 0.15) is 5.82 Å². The molecular weight excluding hydrogens is 159 g/mol. The maximum Gasteiger partial charge on any atom is 0.123 e. The van der Waals surface area contributed by atoms with E-state index in [1.807, 2.05) is 0 Å². The van der Waals surface area contributed by atoms with Crippen LogP contribution in [-0.4, -0.2) is 0 Å². The third kappa shape index (κ3) is 1.88. The van der Waals surface area contributed by atoms with Crippen LogP contribution in [0, 0.1) is 5.82 Å². The zero-order valence-corrected chi connectivity index (χ0v) is 6.05. The summed E-state index contributed by atoms with van der Waals surface area (Å²) in [6, 6.07) is 6.02. The fraction of sp³-hybridized carbons (Fsp3) is 0. The minimum absolute atomic E-state index is 0.232. The molecule has 0 amide bonds. The monoisotopic (exact) mass is 162 g/mol. The quantitative estimate of drug-likeness (QED) is 0.612. The predicted molar refractivity (Wildman–Crippen MR) is 38.1 cm³/mol. The van der Waals surface area contributed by atoms with Crippen LogP contribution >= 0.6 is 21.7 Å². The van der Waals surface area contributed by atoms with Gasteiger partial charge in [-0.05, 0) is 45.9 Å². The van der Waals surface area contributed by atoms with Crippen LogP contribution in [0.2, 0.25) is 0 Å². The predicted octanol–water partition coefficient (Wildman–Crippen LogP) is 3.07. The molecule has 0 radical (unpaired) electrons. The zero-order valence-electron chi connectivity index (χ0n) is 4.47. The van der Waals surface area contributed by atoms with Crippen LogP contribution in [0.5, 0.6) is 0 Å². The first-order chi connectivity index (χ1) is 4.33. The van der Waals surface area contributed by atoms with Crippen molar-refractivity contribution in [3.63, 3.8) is 0 Å². The minimum atomic E-state index is -0.232. The van der Waals surface area contributed by atoms with E-state index in [0.29, 0.717) is 0 Å². The van der Waals surface area contributed by atoms with Gasteiger partial charge in [-0.3, -0.25) is 0 Å². The van der Waals surface area contributed by atoms with Crippen molar-refractivity contribution in [1.29, 1.82) is 0 Å². The lowest BCUT2D eigenvalue weighted by molar-refractivity contribution is 0.626. The number of rotatable bonds is 1. The molecule has 0 N–H and O–H groups in total. The maximum absolute atomic E-state index is 12.2. The molecule has 0 unspecified atom stereocenters. The Labute approximate surface area is 61.5 Å². The van der Waals surface area contributed by atoms with E-state index >= 15 is 0 Å². The Morgan fingerprint density at radius 2 is 1.78 bits per heavy atom. The molecule has 0 atom stereocenters. The first kappa shape index (κ1) is 6.90. The van der Waals surface area contributed by atoms with Crippen LogP contribution in [0.3, 0.4) is 0 Å². The van der Waals surface area contributed by atoms with Gasteiger partial charge in [0.2, 0.25) is 0 Å². The van der Waals surface area contributed by atoms with Crippen molar-refractivity contribution in [2.45, 2.75) is 4.90 Å². The van der Waals surface area contributed by atoms with Crippen LogP contribution in [0.25, 0.3) is 0 Å². The van der Waals surface area contributed by atoms with Crippen LogP contribution in [-0.2, 0) is 0 Å². The molecule has 0 nitrogen and oxygen atoms in total. The molecule has 1 aromatic rings. The average Bonchev–Trinajstić information content (AvgIpc) is 1.90. The molecule has 0 aromatic heterocycles. The number of hydrogen-bond acceptors (Lipinski definition) is 1. The van der Waals surface area contributed by atoms with Gasteiger partial charge in [-0.25, -0.2) is 4.39 Å². The highest BCUT2D eigenvalue weighted by atomic mass is 35.7. The summed E-state index contributed by atoms with van der Waals surface area (Å²) in [6.07, 6.45) is 0. The van der Waals surface area contributed by atoms with E-state index in [2.05, 4.69) is 0 Å². The molecule has 0 saturated carbocycles. The molecule has 0 aliphatic heterocycles. The van der Waals surface area contributed by atoms with Crippen molar-refractivity contribution in [3.05, 3.63) is 30.1 Å². The summed E-state index contributed by atoms with van der Waals surface area (Å²) >= 11 is 0. The molecule has 1 aromatic carbocycles. The summed E-state index contributed by atoms with van der Waals surface area (Å²) in [6.45, 7) is 0. The van der Waals surface area contributed by atoms with E-state index in [-0.39, 0.29) is 5.82 Å². The zero-order chi connectivity index (χ0) is 6.69. The summed E-state index contributed by atoms with van der Waals surface area (Å²) in [7, 11) is 6.46. The maximum atomic E-state index is 12.2. The summed E-state index contributed by atoms with van der Waals surface area (Å²) in [5.41, 5.74) is 0. The highest BCUT2D eigenvalue weighted by Gasteiger charge is 1.89. The Kier molecular flexibility index (Phi) is 2.37. The largest absolute Gasteiger partial charge is 0.207 e. The summed E-state index contributed by atoms with van der Waals surface area (Å²) in [5.74, 6) is -0.232. The van der Waals surface area contributed by atoms with Gasteiger partial charge in [-0.15, -0.1) is 0 Å². The topological polar surface area (TPSA) is 0 Å². The van der Waals surface area contributed by atoms with E-state index in [1.165, 1.54) is 12.1 Å². The highest BCUT2D eigenvalue weighted by molar-refractivity contribution is 8.21. The molecule has 0 aliphatic rings. The molecule has 0 spiro atoms. The first-order valence-electron chi connectivity index (χ1n) is 2.37. The molecule has 9 heavy (non-hydrogen) atoms. The van der Waals surface area contributed by atoms with Crippen LogP contribution in [0.15, 0.2) is 29.2 Å². The first-order valence-corrected chi connectivity index (χ1v) is 4.01. The van der Waals surface area contributed by atoms with E-state index in [9.17, 15) is 4.39 Å². The summed E-state index contributed by atoms with van der Waals surface area (Å²) < 4.78 is 12.2. The third-order valence-electron chi connectivity index (χ3n) is 0.903. The molecule has 0 fully saturated rings. The third-order valence-corrected chi connectivity index (χ3v) is 1.89. The van der Waals surface area contributed by atoms with Gasteiger partial charge >= 0.3 is 0 Å². The second-order valence-corrected chi connectivity index (χ2v) is 2.62. The Balaban J connectivity index is 2.88. The van der Waals surface area contributed by atoms with E-state index in [1.54, 1.807) is 12.1 Å². The molecule has 0 aliphatic carbocycles. The molecule has 0 saturated heterocycles. The van der Waals surface area contributed by atoms with Gasteiger partial charge in [0.05, 0.1) is 0 Å². The smallest absolute Gasteiger partial charge is 0.123 e. The lowest BCUT2D eigenvalue weighted by Crippen LogP contribution is -1.69. The van der Waals surface area contributed by atoms with Gasteiger partial charge in [0.15, 0.2) is 0 Å². The molecule has 48 valence electrons. The number of benzene rings is 1. The molecule has 0 bridgehead atoms. The lowest BCUT2D eigenvalue weighted by atomic mass is 10.4. The molecule has 0 heterocycles. The molecule has 1 rings (SSSR count). The minimum Gasteiger partial charge on any atom is -0.207 e. The normalized spacial score (nSPS) is 9.56. The van der Waals surface area contributed by atoms with Gasteiger partial charge in [0.25, 0.3) is 0 Å². The number of halogens is 2. The summed E-state index contributed by atoms with van der Waals surface area (Å²) in [4.78, 5) is 0.859. The van der Waals surface area contributed by atoms with Gasteiger partial charge in [-0.1, -0.05) is 0 Å². The van der Waals surface area contributed by atoms with Crippen molar-refractivity contribution < 1.29 is 4.39 Å². The fourth-order valence-corrected chi connectivity index (χ4v) is 1.03. The molecule has 3 heteroatoms. The van der Waals surface area contributed by atoms with Crippen LogP contribution < -0.4 is 0 Å². The van der Waals surface area contributed by atoms with Gasteiger partial charge < -0.3 is 0 Å². The van der Waals surface area contributed by atoms with E-state index in [0.717, 1.165) is 15.9 Å². The fourth-order valence-electron chi connectivity index (χ4n) is 0.486. The Bertz CT molecular complexity index is 185. The standard InChI is InChI=1S/C6H4ClFS/c7-9-6-3-1-5(8)2-4-6/h1-4H. The average molecular weight is 163 g/mol.